The first-order chi connectivity index (χ1) is 9.83. The Hall–Kier alpha value is -1.38. The Labute approximate surface area is 135 Å². The molecule has 0 aliphatic rings. The Morgan fingerprint density at radius 3 is 2.36 bits per heavy atom. The van der Waals surface area contributed by atoms with Crippen LogP contribution in [-0.4, -0.2) is 11.2 Å². The molecule has 3 nitrogen and oxygen atoms in total. The average molecular weight is 356 g/mol. The Bertz CT molecular complexity index is 586. The molecular weight excluding hydrogens is 342 g/mol. The fraction of sp³-hybridized carbons (Fsp3) is 0.308. The summed E-state index contributed by atoms with van der Waals surface area (Å²) in [5.74, 6) is -0.486. The number of halogens is 5. The molecule has 0 fully saturated rings. The lowest BCUT2D eigenvalue weighted by atomic mass is 10.0. The normalized spacial score (nSPS) is 12.7. The number of anilines is 1. The van der Waals surface area contributed by atoms with Crippen LogP contribution >= 0.6 is 23.7 Å². The molecule has 3 N–H and O–H groups in total. The summed E-state index contributed by atoms with van der Waals surface area (Å²) >= 11 is 1.21. The monoisotopic (exact) mass is 355 g/mol. The van der Waals surface area contributed by atoms with E-state index in [9.17, 15) is 17.6 Å². The predicted octanol–water partition coefficient (Wildman–Crippen LogP) is 4.07. The average Bonchev–Trinajstić information content (AvgIpc) is 2.80. The van der Waals surface area contributed by atoms with Gasteiger partial charge in [0.2, 0.25) is 0 Å². The van der Waals surface area contributed by atoms with Gasteiger partial charge in [0.05, 0.1) is 6.42 Å². The second kappa shape index (κ2) is 7.75. The third-order valence-electron chi connectivity index (χ3n) is 2.80. The zero-order valence-corrected chi connectivity index (χ0v) is 12.9. The molecule has 22 heavy (non-hydrogen) atoms. The van der Waals surface area contributed by atoms with Crippen LogP contribution in [0.15, 0.2) is 30.5 Å². The van der Waals surface area contributed by atoms with Gasteiger partial charge in [-0.2, -0.15) is 13.2 Å². The number of nitrogens with one attached hydrogen (secondary N) is 1. The second-order valence-corrected chi connectivity index (χ2v) is 5.62. The van der Waals surface area contributed by atoms with Crippen molar-refractivity contribution in [3.05, 3.63) is 46.7 Å². The minimum atomic E-state index is -4.32. The van der Waals surface area contributed by atoms with Crippen LogP contribution in [-0.2, 0) is 6.54 Å². The third-order valence-corrected chi connectivity index (χ3v) is 3.63. The number of nitrogen functional groups attached to an aromatic ring is 1. The van der Waals surface area contributed by atoms with Crippen LogP contribution in [0.4, 0.5) is 22.7 Å². The van der Waals surface area contributed by atoms with E-state index in [1.807, 2.05) is 0 Å². The molecule has 122 valence electrons. The maximum Gasteiger partial charge on any atom is 0.390 e. The van der Waals surface area contributed by atoms with E-state index in [1.165, 1.54) is 29.7 Å². The molecule has 0 aliphatic carbocycles. The molecular formula is C13H14ClF4N3S. The molecule has 1 heterocycles. The number of hydrogen-bond acceptors (Lipinski definition) is 4. The summed E-state index contributed by atoms with van der Waals surface area (Å²) in [4.78, 5) is 4.58. The van der Waals surface area contributed by atoms with Crippen LogP contribution in [0.2, 0.25) is 0 Å². The molecule has 0 radical (unpaired) electrons. The van der Waals surface area contributed by atoms with Crippen molar-refractivity contribution in [1.82, 2.24) is 10.3 Å². The number of nitrogens with two attached hydrogens (primary N) is 1. The SMILES string of the molecule is Cl.Nc1ncc(CNC(CC(F)(F)F)c2ccc(F)cc2)s1. The smallest absolute Gasteiger partial charge is 0.375 e. The first-order valence-corrected chi connectivity index (χ1v) is 6.91. The van der Waals surface area contributed by atoms with Gasteiger partial charge in [-0.3, -0.25) is 0 Å². The van der Waals surface area contributed by atoms with Crippen molar-refractivity contribution in [3.63, 3.8) is 0 Å². The van der Waals surface area contributed by atoms with Gasteiger partial charge in [-0.15, -0.1) is 23.7 Å². The zero-order valence-electron chi connectivity index (χ0n) is 11.2. The lowest BCUT2D eigenvalue weighted by molar-refractivity contribution is -0.140. The maximum atomic E-state index is 12.9. The van der Waals surface area contributed by atoms with Gasteiger partial charge in [0.1, 0.15) is 5.82 Å². The minimum absolute atomic E-state index is 0. The summed E-state index contributed by atoms with van der Waals surface area (Å²) in [5, 5.41) is 3.18. The topological polar surface area (TPSA) is 50.9 Å². The molecule has 2 aromatic rings. The largest absolute Gasteiger partial charge is 0.390 e. The number of rotatable bonds is 5. The molecule has 2 rings (SSSR count). The highest BCUT2D eigenvalue weighted by Crippen LogP contribution is 2.30. The Morgan fingerprint density at radius 1 is 1.23 bits per heavy atom. The number of nitrogens with zero attached hydrogens (tertiary/aromatic N) is 1. The van der Waals surface area contributed by atoms with Crippen molar-refractivity contribution >= 4 is 28.9 Å². The van der Waals surface area contributed by atoms with Crippen molar-refractivity contribution in [3.8, 4) is 0 Å². The van der Waals surface area contributed by atoms with E-state index in [0.29, 0.717) is 10.7 Å². The molecule has 1 aromatic heterocycles. The number of alkyl halides is 3. The van der Waals surface area contributed by atoms with Gasteiger partial charge < -0.3 is 11.1 Å². The van der Waals surface area contributed by atoms with Gasteiger partial charge in [-0.1, -0.05) is 12.1 Å². The van der Waals surface area contributed by atoms with Gasteiger partial charge in [-0.05, 0) is 17.7 Å². The van der Waals surface area contributed by atoms with Crippen LogP contribution in [0.5, 0.6) is 0 Å². The third kappa shape index (κ3) is 5.78. The zero-order chi connectivity index (χ0) is 15.5. The summed E-state index contributed by atoms with van der Waals surface area (Å²) in [6, 6.07) is 4.03. The molecule has 0 spiro atoms. The lowest BCUT2D eigenvalue weighted by Gasteiger charge is -2.20. The number of benzene rings is 1. The van der Waals surface area contributed by atoms with Crippen LogP contribution in [0.1, 0.15) is 22.9 Å². The first kappa shape index (κ1) is 18.7. The highest BCUT2D eigenvalue weighted by molar-refractivity contribution is 7.15. The fourth-order valence-corrected chi connectivity index (χ4v) is 2.50. The van der Waals surface area contributed by atoms with Crippen molar-refractivity contribution < 1.29 is 17.6 Å². The standard InChI is InChI=1S/C13H13F4N3S.ClH/c14-9-3-1-8(2-4-9)11(5-13(15,16)17)19-6-10-7-20-12(18)21-10;/h1-4,7,11,19H,5-6H2,(H2,18,20);1H. The van der Waals surface area contributed by atoms with Crippen LogP contribution < -0.4 is 11.1 Å². The van der Waals surface area contributed by atoms with Crippen molar-refractivity contribution in [2.45, 2.75) is 25.2 Å². The number of aromatic nitrogens is 1. The van der Waals surface area contributed by atoms with Gasteiger partial charge in [0, 0.05) is 23.7 Å². The highest BCUT2D eigenvalue weighted by atomic mass is 35.5. The Morgan fingerprint density at radius 2 is 1.86 bits per heavy atom. The van der Waals surface area contributed by atoms with Crippen LogP contribution in [0, 0.1) is 5.82 Å². The summed E-state index contributed by atoms with van der Waals surface area (Å²) in [6.07, 6.45) is -3.84. The summed E-state index contributed by atoms with van der Waals surface area (Å²) in [7, 11) is 0. The molecule has 1 unspecified atom stereocenters. The van der Waals surface area contributed by atoms with Crippen molar-refractivity contribution in [2.24, 2.45) is 0 Å². The van der Waals surface area contributed by atoms with Gasteiger partial charge in [-0.25, -0.2) is 9.37 Å². The lowest BCUT2D eigenvalue weighted by Crippen LogP contribution is -2.26. The fourth-order valence-electron chi connectivity index (χ4n) is 1.86. The molecule has 1 aromatic carbocycles. The molecule has 9 heteroatoms. The maximum absolute atomic E-state index is 12.9. The van der Waals surface area contributed by atoms with E-state index in [2.05, 4.69) is 10.3 Å². The quantitative estimate of drug-likeness (QED) is 0.795. The van der Waals surface area contributed by atoms with E-state index < -0.39 is 24.5 Å². The first-order valence-electron chi connectivity index (χ1n) is 6.09. The van der Waals surface area contributed by atoms with Gasteiger partial charge >= 0.3 is 6.18 Å². The molecule has 0 bridgehead atoms. The molecule has 0 saturated carbocycles. The van der Waals surface area contributed by atoms with E-state index >= 15 is 0 Å². The predicted molar refractivity (Wildman–Crippen MR) is 80.4 cm³/mol. The van der Waals surface area contributed by atoms with Crippen LogP contribution in [0.25, 0.3) is 0 Å². The van der Waals surface area contributed by atoms with Crippen molar-refractivity contribution in [1.29, 1.82) is 0 Å². The number of hydrogen-bond donors (Lipinski definition) is 2. The Kier molecular flexibility index (Phi) is 6.58. The van der Waals surface area contributed by atoms with Crippen LogP contribution in [0.3, 0.4) is 0 Å². The molecule has 1 atom stereocenters. The Balaban J connectivity index is 0.00000242. The summed E-state index contributed by atoms with van der Waals surface area (Å²) in [5.41, 5.74) is 5.85. The highest BCUT2D eigenvalue weighted by Gasteiger charge is 2.32. The number of thiazole rings is 1. The molecule has 0 aliphatic heterocycles. The summed E-state index contributed by atoms with van der Waals surface area (Å²) < 4.78 is 50.8. The van der Waals surface area contributed by atoms with Gasteiger partial charge in [0.25, 0.3) is 0 Å². The van der Waals surface area contributed by atoms with Crippen molar-refractivity contribution in [2.75, 3.05) is 5.73 Å². The van der Waals surface area contributed by atoms with E-state index in [0.717, 1.165) is 17.0 Å². The minimum Gasteiger partial charge on any atom is -0.375 e. The van der Waals surface area contributed by atoms with E-state index in [1.54, 1.807) is 0 Å². The van der Waals surface area contributed by atoms with Gasteiger partial charge in [0.15, 0.2) is 5.13 Å². The van der Waals surface area contributed by atoms with E-state index in [4.69, 9.17) is 5.73 Å². The van der Waals surface area contributed by atoms with E-state index in [-0.39, 0.29) is 19.0 Å². The molecule has 0 amide bonds. The molecule has 0 saturated heterocycles. The second-order valence-electron chi connectivity index (χ2n) is 4.47. The summed E-state index contributed by atoms with van der Waals surface area (Å²) in [6.45, 7) is 0.215.